The summed E-state index contributed by atoms with van der Waals surface area (Å²) in [6.45, 7) is 2.04. The highest BCUT2D eigenvalue weighted by molar-refractivity contribution is 9.10. The van der Waals surface area contributed by atoms with Gasteiger partial charge in [-0.1, -0.05) is 18.9 Å². The van der Waals surface area contributed by atoms with Crippen LogP contribution in [0.4, 0.5) is 0 Å². The molecule has 26 heavy (non-hydrogen) atoms. The van der Waals surface area contributed by atoms with Crippen LogP contribution in [0.15, 0.2) is 39.4 Å². The Kier molecular flexibility index (Phi) is 6.06. The van der Waals surface area contributed by atoms with Crippen molar-refractivity contribution >= 4 is 37.3 Å². The minimum atomic E-state index is -3.30. The molecule has 6 heteroatoms. The van der Waals surface area contributed by atoms with E-state index >= 15 is 0 Å². The SMILES string of the molecule is CCOC(=O)C(=C=CC1CCCC1)c1ccc(S(=O)(=O)C2CC2)c(Br)c1. The second-order valence-electron chi connectivity index (χ2n) is 6.84. The van der Waals surface area contributed by atoms with Crippen molar-refractivity contribution in [3.8, 4) is 0 Å². The number of rotatable bonds is 6. The molecule has 0 radical (unpaired) electrons. The monoisotopic (exact) mass is 438 g/mol. The van der Waals surface area contributed by atoms with E-state index in [-0.39, 0.29) is 16.8 Å². The first-order chi connectivity index (χ1) is 12.4. The Hall–Kier alpha value is -1.36. The highest BCUT2D eigenvalue weighted by Gasteiger charge is 2.38. The van der Waals surface area contributed by atoms with Crippen molar-refractivity contribution in [2.75, 3.05) is 6.61 Å². The van der Waals surface area contributed by atoms with E-state index in [1.54, 1.807) is 25.1 Å². The van der Waals surface area contributed by atoms with Gasteiger partial charge in [0.15, 0.2) is 9.84 Å². The molecule has 4 nitrogen and oxygen atoms in total. The number of hydrogen-bond acceptors (Lipinski definition) is 4. The Balaban J connectivity index is 1.97. The molecule has 0 spiro atoms. The maximum absolute atomic E-state index is 12.5. The second kappa shape index (κ2) is 8.12. The van der Waals surface area contributed by atoms with E-state index in [0.717, 1.165) is 12.8 Å². The van der Waals surface area contributed by atoms with Gasteiger partial charge in [0.2, 0.25) is 0 Å². The smallest absolute Gasteiger partial charge is 0.346 e. The number of benzene rings is 1. The van der Waals surface area contributed by atoms with Crippen LogP contribution in [0.3, 0.4) is 0 Å². The van der Waals surface area contributed by atoms with E-state index in [9.17, 15) is 13.2 Å². The highest BCUT2D eigenvalue weighted by Crippen LogP contribution is 2.37. The van der Waals surface area contributed by atoms with Crippen molar-refractivity contribution in [1.82, 2.24) is 0 Å². The average Bonchev–Trinajstić information content (AvgIpc) is 3.34. The van der Waals surface area contributed by atoms with E-state index in [2.05, 4.69) is 21.7 Å². The van der Waals surface area contributed by atoms with Gasteiger partial charge < -0.3 is 4.74 Å². The molecule has 3 rings (SSSR count). The molecule has 1 aromatic rings. The zero-order valence-corrected chi connectivity index (χ0v) is 17.2. The van der Waals surface area contributed by atoms with Crippen LogP contribution in [0, 0.1) is 5.92 Å². The number of carbonyl (C=O) groups is 1. The lowest BCUT2D eigenvalue weighted by Gasteiger charge is -2.09. The zero-order valence-electron chi connectivity index (χ0n) is 14.8. The fraction of sp³-hybridized carbons (Fsp3) is 0.500. The predicted octanol–water partition coefficient (Wildman–Crippen LogP) is 4.68. The van der Waals surface area contributed by atoms with Crippen molar-refractivity contribution in [3.63, 3.8) is 0 Å². The highest BCUT2D eigenvalue weighted by atomic mass is 79.9. The molecule has 0 N–H and O–H groups in total. The fourth-order valence-corrected chi connectivity index (χ4v) is 5.99. The van der Waals surface area contributed by atoms with Crippen molar-refractivity contribution in [3.05, 3.63) is 40.0 Å². The first kappa shape index (κ1) is 19.4. The quantitative estimate of drug-likeness (QED) is 0.367. The van der Waals surface area contributed by atoms with Crippen molar-refractivity contribution in [2.24, 2.45) is 5.92 Å². The van der Waals surface area contributed by atoms with Crippen LogP contribution in [0.25, 0.3) is 5.57 Å². The zero-order chi connectivity index (χ0) is 18.7. The summed E-state index contributed by atoms with van der Waals surface area (Å²) >= 11 is 3.37. The molecule has 0 aliphatic heterocycles. The summed E-state index contributed by atoms with van der Waals surface area (Å²) in [6.07, 6.45) is 8.04. The molecule has 2 fully saturated rings. The van der Waals surface area contributed by atoms with Crippen LogP contribution in [0.2, 0.25) is 0 Å². The summed E-state index contributed by atoms with van der Waals surface area (Å²) < 4.78 is 30.6. The van der Waals surface area contributed by atoms with Crippen LogP contribution < -0.4 is 0 Å². The van der Waals surface area contributed by atoms with Crippen molar-refractivity contribution in [2.45, 2.75) is 55.6 Å². The molecule has 0 aromatic heterocycles. The predicted molar refractivity (Wildman–Crippen MR) is 104 cm³/mol. The number of hydrogen-bond donors (Lipinski definition) is 0. The topological polar surface area (TPSA) is 60.4 Å². The molecule has 2 aliphatic carbocycles. The third-order valence-corrected chi connectivity index (χ3v) is 8.07. The normalized spacial score (nSPS) is 17.6. The summed E-state index contributed by atoms with van der Waals surface area (Å²) in [5.74, 6) is 0.00355. The number of carbonyl (C=O) groups excluding carboxylic acids is 1. The number of esters is 1. The van der Waals surface area contributed by atoms with Gasteiger partial charge in [0, 0.05) is 4.47 Å². The molecule has 2 aliphatic rings. The van der Waals surface area contributed by atoms with Crippen LogP contribution in [0.1, 0.15) is 51.0 Å². The minimum absolute atomic E-state index is 0.271. The number of ether oxygens (including phenoxy) is 1. The molecule has 140 valence electrons. The minimum Gasteiger partial charge on any atom is -0.462 e. The summed E-state index contributed by atoms with van der Waals surface area (Å²) in [6, 6.07) is 4.92. The Morgan fingerprint density at radius 3 is 2.54 bits per heavy atom. The molecule has 2 saturated carbocycles. The van der Waals surface area contributed by atoms with Crippen LogP contribution in [-0.2, 0) is 19.4 Å². The van der Waals surface area contributed by atoms with Crippen LogP contribution in [-0.4, -0.2) is 26.2 Å². The molecule has 0 heterocycles. The van der Waals surface area contributed by atoms with E-state index in [1.165, 1.54) is 12.8 Å². The molecule has 0 unspecified atom stereocenters. The van der Waals surface area contributed by atoms with E-state index in [4.69, 9.17) is 4.74 Å². The Morgan fingerprint density at radius 1 is 1.27 bits per heavy atom. The van der Waals surface area contributed by atoms with Gasteiger partial charge in [0.25, 0.3) is 0 Å². The fourth-order valence-electron chi connectivity index (χ4n) is 3.23. The lowest BCUT2D eigenvalue weighted by Crippen LogP contribution is -2.09. The molecule has 0 amide bonds. The van der Waals surface area contributed by atoms with E-state index < -0.39 is 15.8 Å². The van der Waals surface area contributed by atoms with Gasteiger partial charge in [-0.2, -0.15) is 0 Å². The van der Waals surface area contributed by atoms with Crippen LogP contribution >= 0.6 is 15.9 Å². The Bertz CT molecular complexity index is 856. The summed E-state index contributed by atoms with van der Waals surface area (Å²) in [7, 11) is -3.30. The third-order valence-electron chi connectivity index (χ3n) is 4.83. The Labute approximate surface area is 163 Å². The standard InChI is InChI=1S/C20H23BrO4S/c1-2-25-20(22)17(11-7-14-5-3-4-6-14)15-8-12-19(18(21)13-15)26(23,24)16-9-10-16/h7-8,12-14,16H,2-6,9-10H2,1H3. The molecular formula is C20H23BrO4S. The van der Waals surface area contributed by atoms with Gasteiger partial charge in [0.05, 0.1) is 16.8 Å². The molecule has 0 bridgehead atoms. The summed E-state index contributed by atoms with van der Waals surface area (Å²) in [4.78, 5) is 12.7. The number of sulfone groups is 1. The molecule has 1 aromatic carbocycles. The largest absolute Gasteiger partial charge is 0.462 e. The number of halogens is 1. The first-order valence-electron chi connectivity index (χ1n) is 9.11. The maximum Gasteiger partial charge on any atom is 0.346 e. The van der Waals surface area contributed by atoms with Crippen molar-refractivity contribution in [1.29, 1.82) is 0 Å². The maximum atomic E-state index is 12.5. The third kappa shape index (κ3) is 4.30. The van der Waals surface area contributed by atoms with Gasteiger partial charge >= 0.3 is 5.97 Å². The van der Waals surface area contributed by atoms with Gasteiger partial charge in [0.1, 0.15) is 5.57 Å². The van der Waals surface area contributed by atoms with E-state index in [0.29, 0.717) is 34.4 Å². The van der Waals surface area contributed by atoms with E-state index in [1.807, 2.05) is 6.08 Å². The second-order valence-corrected chi connectivity index (χ2v) is 9.89. The van der Waals surface area contributed by atoms with Gasteiger partial charge in [-0.3, -0.25) is 0 Å². The van der Waals surface area contributed by atoms with Crippen molar-refractivity contribution < 1.29 is 17.9 Å². The summed E-state index contributed by atoms with van der Waals surface area (Å²) in [5, 5.41) is -0.271. The van der Waals surface area contributed by atoms with Gasteiger partial charge in [-0.15, -0.1) is 5.73 Å². The van der Waals surface area contributed by atoms with Gasteiger partial charge in [-0.25, -0.2) is 13.2 Å². The molecule has 0 saturated heterocycles. The van der Waals surface area contributed by atoms with Gasteiger partial charge in [-0.05, 0) is 78.2 Å². The Morgan fingerprint density at radius 2 is 1.96 bits per heavy atom. The lowest BCUT2D eigenvalue weighted by molar-refractivity contribution is -0.136. The summed E-state index contributed by atoms with van der Waals surface area (Å²) in [5.41, 5.74) is 4.08. The van der Waals surface area contributed by atoms with Crippen LogP contribution in [0.5, 0.6) is 0 Å². The lowest BCUT2D eigenvalue weighted by atomic mass is 10.0. The first-order valence-corrected chi connectivity index (χ1v) is 11.4. The molecular weight excluding hydrogens is 416 g/mol. The molecule has 0 atom stereocenters. The average molecular weight is 439 g/mol.